The molecule has 1 fully saturated rings. The van der Waals surface area contributed by atoms with E-state index in [1.54, 1.807) is 11.8 Å². The fourth-order valence-electron chi connectivity index (χ4n) is 2.95. The first-order valence-corrected chi connectivity index (χ1v) is 11.0. The Kier molecular flexibility index (Phi) is 5.01. The molecule has 0 radical (unpaired) electrons. The average Bonchev–Trinajstić information content (AvgIpc) is 3.08. The summed E-state index contributed by atoms with van der Waals surface area (Å²) in [5, 5.41) is 9.33. The highest BCUT2D eigenvalue weighted by molar-refractivity contribution is 7.98. The third-order valence-corrected chi connectivity index (χ3v) is 7.34. The zero-order valence-corrected chi connectivity index (χ0v) is 15.9. The van der Waals surface area contributed by atoms with Crippen LogP contribution >= 0.6 is 11.8 Å². The van der Waals surface area contributed by atoms with Gasteiger partial charge in [-0.05, 0) is 23.5 Å². The minimum Gasteiger partial charge on any atom is -0.309 e. The van der Waals surface area contributed by atoms with Crippen molar-refractivity contribution in [1.29, 1.82) is 0 Å². The van der Waals surface area contributed by atoms with Gasteiger partial charge in [0.15, 0.2) is 15.0 Å². The van der Waals surface area contributed by atoms with Crippen LogP contribution in [0.3, 0.4) is 0 Å². The van der Waals surface area contributed by atoms with E-state index >= 15 is 0 Å². The number of hydrogen-bond donors (Lipinski definition) is 0. The Balaban J connectivity index is 1.66. The van der Waals surface area contributed by atoms with Crippen molar-refractivity contribution in [3.63, 3.8) is 0 Å². The Morgan fingerprint density at radius 2 is 1.96 bits per heavy atom. The third-order valence-electron chi connectivity index (χ3n) is 4.48. The molecular weight excluding hydrogens is 342 g/mol. The van der Waals surface area contributed by atoms with E-state index in [1.165, 1.54) is 11.1 Å². The van der Waals surface area contributed by atoms with Crippen molar-refractivity contribution in [3.05, 3.63) is 41.2 Å². The number of benzene rings is 1. The maximum atomic E-state index is 11.7. The van der Waals surface area contributed by atoms with Gasteiger partial charge in [0.25, 0.3) is 0 Å². The van der Waals surface area contributed by atoms with Crippen molar-refractivity contribution in [2.75, 3.05) is 11.5 Å². The lowest BCUT2D eigenvalue weighted by Gasteiger charge is -2.08. The monoisotopic (exact) mass is 365 g/mol. The van der Waals surface area contributed by atoms with Gasteiger partial charge in [0.2, 0.25) is 0 Å². The van der Waals surface area contributed by atoms with Gasteiger partial charge in [0.1, 0.15) is 5.82 Å². The van der Waals surface area contributed by atoms with Crippen LogP contribution in [0.15, 0.2) is 29.4 Å². The molecule has 0 spiro atoms. The molecule has 2 aromatic rings. The molecule has 0 amide bonds. The maximum Gasteiger partial charge on any atom is 0.191 e. The summed E-state index contributed by atoms with van der Waals surface area (Å²) in [5.41, 5.74) is 2.59. The minimum absolute atomic E-state index is 0.0211. The first kappa shape index (κ1) is 17.5. The summed E-state index contributed by atoms with van der Waals surface area (Å²) in [5.74, 6) is 2.58. The Labute approximate surface area is 147 Å². The summed E-state index contributed by atoms with van der Waals surface area (Å²) >= 11 is 1.63. The van der Waals surface area contributed by atoms with Crippen LogP contribution in [0.2, 0.25) is 0 Å². The van der Waals surface area contributed by atoms with Crippen molar-refractivity contribution < 1.29 is 8.42 Å². The smallest absolute Gasteiger partial charge is 0.191 e. The molecule has 3 rings (SSSR count). The molecule has 1 aromatic carbocycles. The van der Waals surface area contributed by atoms with Gasteiger partial charge >= 0.3 is 0 Å². The number of rotatable bonds is 5. The zero-order chi connectivity index (χ0) is 17.3. The van der Waals surface area contributed by atoms with Crippen LogP contribution in [0.5, 0.6) is 0 Å². The number of thioether (sulfide) groups is 1. The van der Waals surface area contributed by atoms with Crippen LogP contribution in [0.4, 0.5) is 0 Å². The first-order chi connectivity index (χ1) is 11.4. The zero-order valence-electron chi connectivity index (χ0n) is 14.3. The SMILES string of the molecule is CC(C)c1ccc(CSc2nnc(C3CCS(=O)(=O)C3)n2C)cc1. The second-order valence-electron chi connectivity index (χ2n) is 6.68. The molecule has 0 aliphatic carbocycles. The fraction of sp³-hybridized carbons (Fsp3) is 0.529. The third kappa shape index (κ3) is 3.83. The van der Waals surface area contributed by atoms with Gasteiger partial charge in [-0.2, -0.15) is 0 Å². The van der Waals surface area contributed by atoms with Crippen molar-refractivity contribution in [1.82, 2.24) is 14.8 Å². The Morgan fingerprint density at radius 3 is 2.54 bits per heavy atom. The molecule has 1 aliphatic heterocycles. The maximum absolute atomic E-state index is 11.7. The standard InChI is InChI=1S/C17H23N3O2S2/c1-12(2)14-6-4-13(5-7-14)10-23-17-19-18-16(20(17)3)15-8-9-24(21,22)11-15/h4-7,12,15H,8-11H2,1-3H3. The summed E-state index contributed by atoms with van der Waals surface area (Å²) in [6.45, 7) is 4.38. The molecule has 24 heavy (non-hydrogen) atoms. The molecule has 1 aromatic heterocycles. The van der Waals surface area contributed by atoms with E-state index in [4.69, 9.17) is 0 Å². The largest absolute Gasteiger partial charge is 0.309 e. The molecule has 0 saturated carbocycles. The molecule has 0 N–H and O–H groups in total. The summed E-state index contributed by atoms with van der Waals surface area (Å²) < 4.78 is 25.3. The number of nitrogens with zero attached hydrogens (tertiary/aromatic N) is 3. The van der Waals surface area contributed by atoms with Crippen molar-refractivity contribution in [2.45, 2.75) is 43.0 Å². The fourth-order valence-corrected chi connectivity index (χ4v) is 5.57. The lowest BCUT2D eigenvalue weighted by atomic mass is 10.0. The Hall–Kier alpha value is -1.34. The van der Waals surface area contributed by atoms with Gasteiger partial charge in [0.05, 0.1) is 11.5 Å². The lowest BCUT2D eigenvalue weighted by molar-refractivity contribution is 0.599. The van der Waals surface area contributed by atoms with Crippen LogP contribution in [-0.4, -0.2) is 34.7 Å². The van der Waals surface area contributed by atoms with Crippen molar-refractivity contribution in [3.8, 4) is 0 Å². The minimum atomic E-state index is -2.91. The Bertz CT molecular complexity index is 811. The predicted molar refractivity (Wildman–Crippen MR) is 97.1 cm³/mol. The van der Waals surface area contributed by atoms with Crippen LogP contribution < -0.4 is 0 Å². The average molecular weight is 366 g/mol. The van der Waals surface area contributed by atoms with Gasteiger partial charge in [-0.15, -0.1) is 10.2 Å². The van der Waals surface area contributed by atoms with E-state index in [1.807, 2.05) is 11.6 Å². The molecule has 1 saturated heterocycles. The number of hydrogen-bond acceptors (Lipinski definition) is 5. The van der Waals surface area contributed by atoms with Gasteiger partial charge < -0.3 is 4.57 Å². The van der Waals surface area contributed by atoms with Gasteiger partial charge in [-0.3, -0.25) is 0 Å². The van der Waals surface area contributed by atoms with E-state index in [2.05, 4.69) is 48.3 Å². The second-order valence-corrected chi connectivity index (χ2v) is 9.86. The van der Waals surface area contributed by atoms with Gasteiger partial charge in [0, 0.05) is 18.7 Å². The van der Waals surface area contributed by atoms with E-state index in [-0.39, 0.29) is 17.4 Å². The van der Waals surface area contributed by atoms with Crippen LogP contribution in [0, 0.1) is 0 Å². The predicted octanol–water partition coefficient (Wildman–Crippen LogP) is 3.13. The van der Waals surface area contributed by atoms with Gasteiger partial charge in [-0.25, -0.2) is 8.42 Å². The topological polar surface area (TPSA) is 64.8 Å². The lowest BCUT2D eigenvalue weighted by Crippen LogP contribution is -2.09. The summed E-state index contributed by atoms with van der Waals surface area (Å²) in [6, 6.07) is 8.66. The highest BCUT2D eigenvalue weighted by atomic mass is 32.2. The van der Waals surface area contributed by atoms with E-state index in [0.29, 0.717) is 12.3 Å². The summed E-state index contributed by atoms with van der Waals surface area (Å²) in [6.07, 6.45) is 0.648. The van der Waals surface area contributed by atoms with Crippen LogP contribution in [0.1, 0.15) is 49.1 Å². The molecule has 1 unspecified atom stereocenters. The first-order valence-electron chi connectivity index (χ1n) is 8.17. The number of sulfone groups is 1. The second kappa shape index (κ2) is 6.88. The number of aromatic nitrogens is 3. The molecule has 1 aliphatic rings. The van der Waals surface area contributed by atoms with Crippen molar-refractivity contribution in [2.24, 2.45) is 7.05 Å². The summed E-state index contributed by atoms with van der Waals surface area (Å²) in [7, 11) is -0.984. The quantitative estimate of drug-likeness (QED) is 0.762. The molecule has 1 atom stereocenters. The molecule has 130 valence electrons. The molecule has 2 heterocycles. The highest BCUT2D eigenvalue weighted by Crippen LogP contribution is 2.30. The molecule has 5 nitrogen and oxygen atoms in total. The van der Waals surface area contributed by atoms with E-state index in [9.17, 15) is 8.42 Å². The van der Waals surface area contributed by atoms with E-state index < -0.39 is 9.84 Å². The van der Waals surface area contributed by atoms with Crippen LogP contribution in [-0.2, 0) is 22.6 Å². The molecular formula is C17H23N3O2S2. The highest BCUT2D eigenvalue weighted by Gasteiger charge is 2.32. The van der Waals surface area contributed by atoms with Crippen LogP contribution in [0.25, 0.3) is 0 Å². The normalized spacial score (nSPS) is 19.9. The molecule has 7 heteroatoms. The molecule has 0 bridgehead atoms. The van der Waals surface area contributed by atoms with Gasteiger partial charge in [-0.1, -0.05) is 49.9 Å². The Morgan fingerprint density at radius 1 is 1.25 bits per heavy atom. The van der Waals surface area contributed by atoms with Crippen molar-refractivity contribution >= 4 is 21.6 Å². The van der Waals surface area contributed by atoms with E-state index in [0.717, 1.165) is 16.7 Å². The summed E-state index contributed by atoms with van der Waals surface area (Å²) in [4.78, 5) is 0.